The Labute approximate surface area is 107 Å². The predicted octanol–water partition coefficient (Wildman–Crippen LogP) is 3.99. The van der Waals surface area contributed by atoms with Gasteiger partial charge in [-0.1, -0.05) is 25.2 Å². The van der Waals surface area contributed by atoms with E-state index >= 15 is 0 Å². The third-order valence-electron chi connectivity index (χ3n) is 2.15. The van der Waals surface area contributed by atoms with Crippen molar-refractivity contribution in [2.45, 2.75) is 26.2 Å². The van der Waals surface area contributed by atoms with Crippen LogP contribution in [0.15, 0.2) is 18.2 Å². The van der Waals surface area contributed by atoms with Crippen LogP contribution in [0.3, 0.4) is 0 Å². The Bertz CT molecular complexity index is 406. The molecular formula is C14H16ClFO. The number of halogens is 2. The van der Waals surface area contributed by atoms with Crippen LogP contribution in [0, 0.1) is 17.7 Å². The number of ether oxygens (including phenoxy) is 1. The van der Waals surface area contributed by atoms with Gasteiger partial charge >= 0.3 is 0 Å². The van der Waals surface area contributed by atoms with Crippen LogP contribution in [-0.2, 0) is 0 Å². The summed E-state index contributed by atoms with van der Waals surface area (Å²) in [6.45, 7) is 2.70. The molecule has 0 bridgehead atoms. The Balaban J connectivity index is 2.63. The van der Waals surface area contributed by atoms with Gasteiger partial charge in [-0.05, 0) is 18.6 Å². The molecule has 0 saturated carbocycles. The zero-order valence-corrected chi connectivity index (χ0v) is 10.7. The van der Waals surface area contributed by atoms with Crippen LogP contribution in [0.25, 0.3) is 0 Å². The van der Waals surface area contributed by atoms with E-state index in [0.717, 1.165) is 12.8 Å². The maximum absolute atomic E-state index is 13.6. The molecule has 1 aromatic rings. The molecule has 0 aliphatic rings. The minimum atomic E-state index is -0.346. The summed E-state index contributed by atoms with van der Waals surface area (Å²) < 4.78 is 19.0. The number of hydrogen-bond donors (Lipinski definition) is 0. The van der Waals surface area contributed by atoms with Gasteiger partial charge in [0.05, 0.1) is 12.2 Å². The topological polar surface area (TPSA) is 9.23 Å². The Morgan fingerprint density at radius 3 is 2.88 bits per heavy atom. The van der Waals surface area contributed by atoms with Crippen LogP contribution in [0.2, 0.25) is 0 Å². The lowest BCUT2D eigenvalue weighted by Crippen LogP contribution is -1.97. The van der Waals surface area contributed by atoms with Gasteiger partial charge in [0, 0.05) is 18.4 Å². The second kappa shape index (κ2) is 7.97. The van der Waals surface area contributed by atoms with Gasteiger partial charge in [0.2, 0.25) is 0 Å². The van der Waals surface area contributed by atoms with Crippen molar-refractivity contribution in [1.29, 1.82) is 0 Å². The van der Waals surface area contributed by atoms with Crippen molar-refractivity contribution in [2.75, 3.05) is 12.5 Å². The molecule has 0 aliphatic carbocycles. The average molecular weight is 255 g/mol. The van der Waals surface area contributed by atoms with Gasteiger partial charge in [-0.15, -0.1) is 11.6 Å². The van der Waals surface area contributed by atoms with Crippen LogP contribution in [0.4, 0.5) is 4.39 Å². The third-order valence-corrected chi connectivity index (χ3v) is 2.34. The van der Waals surface area contributed by atoms with Gasteiger partial charge in [-0.3, -0.25) is 0 Å². The van der Waals surface area contributed by atoms with Gasteiger partial charge in [0.1, 0.15) is 11.6 Å². The summed E-state index contributed by atoms with van der Waals surface area (Å²) in [6.07, 6.45) is 2.60. The summed E-state index contributed by atoms with van der Waals surface area (Å²) in [6, 6.07) is 4.75. The number of alkyl halides is 1. The normalized spacial score (nSPS) is 9.59. The summed E-state index contributed by atoms with van der Waals surface area (Å²) in [4.78, 5) is 0. The van der Waals surface area contributed by atoms with E-state index in [1.807, 2.05) is 0 Å². The molecule has 1 aromatic carbocycles. The van der Waals surface area contributed by atoms with Crippen LogP contribution < -0.4 is 4.74 Å². The fraction of sp³-hybridized carbons (Fsp3) is 0.429. The largest absolute Gasteiger partial charge is 0.493 e. The second-order valence-electron chi connectivity index (χ2n) is 3.58. The summed E-state index contributed by atoms with van der Waals surface area (Å²) in [7, 11) is 0. The predicted molar refractivity (Wildman–Crippen MR) is 69.0 cm³/mol. The fourth-order valence-electron chi connectivity index (χ4n) is 1.23. The first kappa shape index (κ1) is 13.9. The van der Waals surface area contributed by atoms with Crippen LogP contribution >= 0.6 is 11.6 Å². The molecule has 0 saturated heterocycles. The van der Waals surface area contributed by atoms with Crippen molar-refractivity contribution in [3.8, 4) is 17.6 Å². The van der Waals surface area contributed by atoms with Crippen molar-refractivity contribution in [2.24, 2.45) is 0 Å². The van der Waals surface area contributed by atoms with E-state index in [4.69, 9.17) is 16.3 Å². The Kier molecular flexibility index (Phi) is 6.50. The molecule has 3 heteroatoms. The summed E-state index contributed by atoms with van der Waals surface area (Å²) in [5, 5.41) is 0. The van der Waals surface area contributed by atoms with Gasteiger partial charge < -0.3 is 4.74 Å². The highest BCUT2D eigenvalue weighted by atomic mass is 35.5. The molecular weight excluding hydrogens is 239 g/mol. The fourth-order valence-corrected chi connectivity index (χ4v) is 1.32. The Hall–Kier alpha value is -1.20. The molecule has 1 nitrogen and oxygen atoms in total. The monoisotopic (exact) mass is 254 g/mol. The maximum Gasteiger partial charge on any atom is 0.142 e. The van der Waals surface area contributed by atoms with Crippen LogP contribution in [0.1, 0.15) is 31.7 Å². The lowest BCUT2D eigenvalue weighted by molar-refractivity contribution is 0.308. The molecule has 0 radical (unpaired) electrons. The minimum absolute atomic E-state index is 0.346. The molecule has 0 aromatic heterocycles. The van der Waals surface area contributed by atoms with Crippen LogP contribution in [-0.4, -0.2) is 12.5 Å². The second-order valence-corrected chi connectivity index (χ2v) is 3.96. The average Bonchev–Trinajstić information content (AvgIpc) is 2.32. The van der Waals surface area contributed by atoms with Gasteiger partial charge in [-0.25, -0.2) is 4.39 Å². The number of benzene rings is 1. The minimum Gasteiger partial charge on any atom is -0.493 e. The Morgan fingerprint density at radius 2 is 2.24 bits per heavy atom. The van der Waals surface area contributed by atoms with E-state index < -0.39 is 0 Å². The zero-order valence-electron chi connectivity index (χ0n) is 9.93. The summed E-state index contributed by atoms with van der Waals surface area (Å²) in [5.41, 5.74) is 0.387. The van der Waals surface area contributed by atoms with E-state index in [1.54, 1.807) is 12.1 Å². The van der Waals surface area contributed by atoms with Crippen molar-refractivity contribution in [3.63, 3.8) is 0 Å². The molecule has 0 N–H and O–H groups in total. The molecule has 0 spiro atoms. The molecule has 92 valence electrons. The molecule has 0 fully saturated rings. The smallest absolute Gasteiger partial charge is 0.142 e. The van der Waals surface area contributed by atoms with Crippen molar-refractivity contribution in [3.05, 3.63) is 29.6 Å². The standard InChI is InChI=1S/C14H16ClFO/c1-2-3-10-17-13-8-7-12(14(16)11-13)6-4-5-9-15/h7-8,11H,2-3,5,9-10H2,1H3. The Morgan fingerprint density at radius 1 is 1.41 bits per heavy atom. The summed E-state index contributed by atoms with van der Waals surface area (Å²) in [5.74, 6) is 6.22. The molecule has 0 atom stereocenters. The maximum atomic E-state index is 13.6. The highest BCUT2D eigenvalue weighted by Crippen LogP contribution is 2.16. The van der Waals surface area contributed by atoms with E-state index in [0.29, 0.717) is 30.2 Å². The van der Waals surface area contributed by atoms with Gasteiger partial charge in [0.25, 0.3) is 0 Å². The molecule has 0 amide bonds. The third kappa shape index (κ3) is 5.10. The van der Waals surface area contributed by atoms with E-state index in [-0.39, 0.29) is 5.82 Å². The number of unbranched alkanes of at least 4 members (excludes halogenated alkanes) is 1. The van der Waals surface area contributed by atoms with E-state index in [2.05, 4.69) is 18.8 Å². The number of hydrogen-bond acceptors (Lipinski definition) is 1. The highest BCUT2D eigenvalue weighted by Gasteiger charge is 2.01. The van der Waals surface area contributed by atoms with E-state index in [9.17, 15) is 4.39 Å². The van der Waals surface area contributed by atoms with Gasteiger partial charge in [-0.2, -0.15) is 0 Å². The molecule has 0 unspecified atom stereocenters. The van der Waals surface area contributed by atoms with Crippen molar-refractivity contribution >= 4 is 11.6 Å². The van der Waals surface area contributed by atoms with Gasteiger partial charge in [0.15, 0.2) is 0 Å². The first-order valence-corrected chi connectivity index (χ1v) is 6.28. The van der Waals surface area contributed by atoms with Crippen molar-refractivity contribution in [1.82, 2.24) is 0 Å². The quantitative estimate of drug-likeness (QED) is 0.439. The molecule has 17 heavy (non-hydrogen) atoms. The lowest BCUT2D eigenvalue weighted by Gasteiger charge is -2.05. The first-order valence-electron chi connectivity index (χ1n) is 5.75. The highest BCUT2D eigenvalue weighted by molar-refractivity contribution is 6.18. The zero-order chi connectivity index (χ0) is 12.5. The van der Waals surface area contributed by atoms with Crippen LogP contribution in [0.5, 0.6) is 5.75 Å². The summed E-state index contributed by atoms with van der Waals surface area (Å²) >= 11 is 5.49. The van der Waals surface area contributed by atoms with Crippen molar-refractivity contribution < 1.29 is 9.13 Å². The molecule has 0 aliphatic heterocycles. The molecule has 1 rings (SSSR count). The number of rotatable bonds is 5. The molecule has 0 heterocycles. The first-order chi connectivity index (χ1) is 8.27. The lowest BCUT2D eigenvalue weighted by atomic mass is 10.2. The SMILES string of the molecule is CCCCOc1ccc(C#CCCCl)c(F)c1. The van der Waals surface area contributed by atoms with E-state index in [1.165, 1.54) is 6.07 Å².